The van der Waals surface area contributed by atoms with E-state index in [0.29, 0.717) is 0 Å². The normalized spacial score (nSPS) is 29.1. The number of rotatable bonds is 5. The van der Waals surface area contributed by atoms with Gasteiger partial charge in [0.2, 0.25) is 0 Å². The molecule has 0 bridgehead atoms. The van der Waals surface area contributed by atoms with Crippen molar-refractivity contribution in [2.24, 2.45) is 0 Å². The van der Waals surface area contributed by atoms with Gasteiger partial charge in [0.05, 0.1) is 19.1 Å². The van der Waals surface area contributed by atoms with Crippen LogP contribution in [0.25, 0.3) is 0 Å². The van der Waals surface area contributed by atoms with Crippen LogP contribution >= 0.6 is 0 Å². The van der Waals surface area contributed by atoms with Gasteiger partial charge in [-0.15, -0.1) is 0 Å². The molecule has 1 aromatic rings. The minimum atomic E-state index is -3.88. The van der Waals surface area contributed by atoms with Gasteiger partial charge in [-0.25, -0.2) is 0 Å². The van der Waals surface area contributed by atoms with Crippen molar-refractivity contribution < 1.29 is 34.7 Å². The number of fused-ring (bicyclic) bond motifs is 3. The molecule has 3 rings (SSSR count). The van der Waals surface area contributed by atoms with Crippen LogP contribution in [0.2, 0.25) is 0 Å². The van der Waals surface area contributed by atoms with Crippen LogP contribution in [0, 0.1) is 0 Å². The lowest BCUT2D eigenvalue weighted by atomic mass is 10.1. The predicted octanol–water partition coefficient (Wildman–Crippen LogP) is -1.78. The van der Waals surface area contributed by atoms with Gasteiger partial charge in [0.15, 0.2) is 12.3 Å². The molecule has 2 aliphatic heterocycles. The molecule has 0 N–H and O–H groups in total. The molecule has 1 aromatic heterocycles. The molecular weight excluding hydrogens is 368 g/mol. The second kappa shape index (κ2) is 5.77. The maximum atomic E-state index is 11.5. The smallest absolute Gasteiger partial charge is 0.302 e. The van der Waals surface area contributed by atoms with E-state index in [1.165, 1.54) is 16.8 Å². The second-order valence-corrected chi connectivity index (χ2v) is 8.60. The van der Waals surface area contributed by atoms with E-state index in [1.54, 1.807) is 0 Å². The van der Waals surface area contributed by atoms with Crippen molar-refractivity contribution in [2.75, 3.05) is 19.1 Å². The Morgan fingerprint density at radius 2 is 1.96 bits per heavy atom. The Morgan fingerprint density at radius 1 is 1.25 bits per heavy atom. The van der Waals surface area contributed by atoms with Crippen molar-refractivity contribution in [3.63, 3.8) is 0 Å². The van der Waals surface area contributed by atoms with Gasteiger partial charge in [-0.3, -0.25) is 17.7 Å². The lowest BCUT2D eigenvalue weighted by Crippen LogP contribution is -2.40. The van der Waals surface area contributed by atoms with E-state index in [2.05, 4.69) is 9.17 Å². The van der Waals surface area contributed by atoms with Gasteiger partial charge < -0.3 is 9.47 Å². The van der Waals surface area contributed by atoms with Crippen LogP contribution in [-0.4, -0.2) is 63.8 Å². The van der Waals surface area contributed by atoms with Gasteiger partial charge in [-0.2, -0.15) is 21.8 Å². The fourth-order valence-electron chi connectivity index (χ4n) is 2.50. The monoisotopic (exact) mass is 382 g/mol. The van der Waals surface area contributed by atoms with E-state index in [1.807, 2.05) is 0 Å². The van der Waals surface area contributed by atoms with Gasteiger partial charge in [0.25, 0.3) is 25.8 Å². The Labute approximate surface area is 137 Å². The first-order chi connectivity index (χ1) is 11.0. The Kier molecular flexibility index (Phi) is 4.16. The lowest BCUT2D eigenvalue weighted by molar-refractivity contribution is -0.0322. The number of hydrogen-bond donors (Lipinski definition) is 0. The average Bonchev–Trinajstić information content (AvgIpc) is 2.91. The van der Waals surface area contributed by atoms with Gasteiger partial charge in [-0.05, 0) is 0 Å². The minimum absolute atomic E-state index is 0.0397. The molecular formula is C11H14N2O9S2. The predicted molar refractivity (Wildman–Crippen MR) is 77.3 cm³/mol. The zero-order chi connectivity index (χ0) is 17.7. The highest BCUT2D eigenvalue weighted by Crippen LogP contribution is 2.40. The van der Waals surface area contributed by atoms with Crippen molar-refractivity contribution >= 4 is 20.2 Å². The molecule has 0 amide bonds. The number of ether oxygens (including phenoxy) is 2. The molecule has 0 radical (unpaired) electrons. The van der Waals surface area contributed by atoms with Crippen molar-refractivity contribution in [1.29, 1.82) is 0 Å². The standard InChI is InChI=1S/C11H14N2O9S2/c1-23(15,16)19-5-6-8(22-24(2,17)18)9-10(20-6)13-4-3-7(14)12-11(13)21-9/h3-4,6,8-10H,5H2,1-2H3/t6-,8-,9+,10+/m0/s1. The third kappa shape index (κ3) is 3.59. The van der Waals surface area contributed by atoms with E-state index >= 15 is 0 Å². The summed E-state index contributed by atoms with van der Waals surface area (Å²) in [6.07, 6.45) is -0.851. The zero-order valence-corrected chi connectivity index (χ0v) is 14.2. The summed E-state index contributed by atoms with van der Waals surface area (Å²) < 4.78 is 67.4. The highest BCUT2D eigenvalue weighted by molar-refractivity contribution is 7.86. The molecule has 0 aromatic carbocycles. The van der Waals surface area contributed by atoms with E-state index in [9.17, 15) is 21.6 Å². The summed E-state index contributed by atoms with van der Waals surface area (Å²) in [6, 6.07) is 1.15. The van der Waals surface area contributed by atoms with E-state index < -0.39 is 56.9 Å². The first-order valence-corrected chi connectivity index (χ1v) is 10.3. The summed E-state index contributed by atoms with van der Waals surface area (Å²) in [5.41, 5.74) is -0.529. The van der Waals surface area contributed by atoms with Crippen molar-refractivity contribution in [3.8, 4) is 6.01 Å². The van der Waals surface area contributed by atoms with Crippen LogP contribution in [0.5, 0.6) is 6.01 Å². The lowest BCUT2D eigenvalue weighted by Gasteiger charge is -2.20. The number of aromatic nitrogens is 2. The Morgan fingerprint density at radius 3 is 2.58 bits per heavy atom. The third-order valence-corrected chi connectivity index (χ3v) is 4.47. The molecule has 24 heavy (non-hydrogen) atoms. The molecule has 0 spiro atoms. The average molecular weight is 382 g/mol. The van der Waals surface area contributed by atoms with E-state index in [-0.39, 0.29) is 6.01 Å². The Hall–Kier alpha value is -1.54. The summed E-state index contributed by atoms with van der Waals surface area (Å²) in [4.78, 5) is 14.9. The van der Waals surface area contributed by atoms with Gasteiger partial charge in [-0.1, -0.05) is 0 Å². The van der Waals surface area contributed by atoms with Gasteiger partial charge in [0, 0.05) is 12.3 Å². The molecule has 4 atom stereocenters. The molecule has 134 valence electrons. The van der Waals surface area contributed by atoms with Gasteiger partial charge >= 0.3 is 6.01 Å². The van der Waals surface area contributed by atoms with Crippen molar-refractivity contribution in [2.45, 2.75) is 24.5 Å². The van der Waals surface area contributed by atoms with Crippen LogP contribution < -0.4 is 10.3 Å². The van der Waals surface area contributed by atoms with Crippen molar-refractivity contribution in [3.05, 3.63) is 22.6 Å². The summed E-state index contributed by atoms with van der Waals surface area (Å²) in [7, 11) is -7.64. The molecule has 0 aliphatic carbocycles. The summed E-state index contributed by atoms with van der Waals surface area (Å²) >= 11 is 0. The quantitative estimate of drug-likeness (QED) is 0.537. The van der Waals surface area contributed by atoms with Crippen molar-refractivity contribution in [1.82, 2.24) is 9.55 Å². The van der Waals surface area contributed by atoms with Crippen LogP contribution in [0.4, 0.5) is 0 Å². The molecule has 3 heterocycles. The fraction of sp³-hybridized carbons (Fsp3) is 0.636. The maximum absolute atomic E-state index is 11.5. The Balaban J connectivity index is 1.89. The minimum Gasteiger partial charge on any atom is -0.453 e. The van der Waals surface area contributed by atoms with Crippen LogP contribution in [0.1, 0.15) is 6.23 Å². The summed E-state index contributed by atoms with van der Waals surface area (Å²) in [5.74, 6) is 0. The molecule has 2 aliphatic rings. The third-order valence-electron chi connectivity index (χ3n) is 3.34. The molecule has 1 fully saturated rings. The maximum Gasteiger partial charge on any atom is 0.302 e. The fourth-order valence-corrected chi connectivity index (χ4v) is 3.52. The van der Waals surface area contributed by atoms with E-state index in [0.717, 1.165) is 12.5 Å². The SMILES string of the molecule is CS(=O)(=O)OC[C@@H]1O[C@@H]2[C@H](Oc3nc(=O)ccn32)[C@H]1OS(C)(=O)=O. The largest absolute Gasteiger partial charge is 0.453 e. The van der Waals surface area contributed by atoms with E-state index in [4.69, 9.17) is 13.7 Å². The highest BCUT2D eigenvalue weighted by atomic mass is 32.2. The van der Waals surface area contributed by atoms with Crippen LogP contribution in [0.3, 0.4) is 0 Å². The molecule has 1 saturated heterocycles. The first kappa shape index (κ1) is 17.3. The van der Waals surface area contributed by atoms with Crippen LogP contribution in [-0.2, 0) is 33.3 Å². The molecule has 0 saturated carbocycles. The number of hydrogen-bond acceptors (Lipinski definition) is 10. The Bertz CT molecular complexity index is 908. The molecule has 0 unspecified atom stereocenters. The first-order valence-electron chi connectivity index (χ1n) is 6.67. The molecule has 11 nitrogen and oxygen atoms in total. The summed E-state index contributed by atoms with van der Waals surface area (Å²) in [5, 5.41) is 0. The molecule has 13 heteroatoms. The second-order valence-electron chi connectivity index (χ2n) is 5.36. The number of nitrogens with zero attached hydrogens (tertiary/aromatic N) is 2. The summed E-state index contributed by atoms with van der Waals surface area (Å²) in [6.45, 7) is -0.446. The zero-order valence-electron chi connectivity index (χ0n) is 12.6. The van der Waals surface area contributed by atoms with Crippen LogP contribution in [0.15, 0.2) is 17.1 Å². The highest BCUT2D eigenvalue weighted by Gasteiger charge is 2.54. The topological polar surface area (TPSA) is 140 Å². The van der Waals surface area contributed by atoms with Gasteiger partial charge in [0.1, 0.15) is 12.2 Å².